The zero-order chi connectivity index (χ0) is 18.2. The molecule has 0 radical (unpaired) electrons. The van der Waals surface area contributed by atoms with Gasteiger partial charge in [0.1, 0.15) is 6.61 Å². The van der Waals surface area contributed by atoms with E-state index in [0.717, 1.165) is 24.3 Å². The van der Waals surface area contributed by atoms with Crippen molar-refractivity contribution in [2.75, 3.05) is 26.2 Å². The van der Waals surface area contributed by atoms with Gasteiger partial charge in [0.25, 0.3) is 0 Å². The average Bonchev–Trinajstić information content (AvgIpc) is 2.70. The first kappa shape index (κ1) is 18.1. The number of benzene rings is 2. The highest BCUT2D eigenvalue weighted by molar-refractivity contribution is 5.74. The molecule has 0 spiro atoms. The number of para-hydroxylation sites is 2. The quantitative estimate of drug-likeness (QED) is 0.775. The van der Waals surface area contributed by atoms with Crippen molar-refractivity contribution in [3.05, 3.63) is 60.2 Å². The highest BCUT2D eigenvalue weighted by Gasteiger charge is 2.24. The molecule has 0 fully saturated rings. The molecule has 1 aliphatic rings. The number of rotatable bonds is 7. The maximum Gasteiger partial charge on any atom is 0.317 e. The Morgan fingerprint density at radius 1 is 1.12 bits per heavy atom. The summed E-state index contributed by atoms with van der Waals surface area (Å²) >= 11 is 0. The van der Waals surface area contributed by atoms with Gasteiger partial charge in [0, 0.05) is 13.1 Å². The number of nitrogens with zero attached hydrogens (tertiary/aromatic N) is 1. The minimum absolute atomic E-state index is 0.0528. The monoisotopic (exact) mass is 354 g/mol. The van der Waals surface area contributed by atoms with Crippen molar-refractivity contribution >= 4 is 6.03 Å². The van der Waals surface area contributed by atoms with Gasteiger partial charge in [-0.1, -0.05) is 42.5 Å². The highest BCUT2D eigenvalue weighted by atomic mass is 16.6. The molecule has 0 saturated heterocycles. The lowest BCUT2D eigenvalue weighted by atomic mass is 10.1. The summed E-state index contributed by atoms with van der Waals surface area (Å²) < 4.78 is 11.7. The van der Waals surface area contributed by atoms with E-state index in [0.29, 0.717) is 26.2 Å². The number of carbonyl (C=O) groups excluding carboxylic acids is 1. The van der Waals surface area contributed by atoms with Gasteiger partial charge in [0.2, 0.25) is 0 Å². The van der Waals surface area contributed by atoms with Crippen LogP contribution in [0, 0.1) is 0 Å². The molecule has 0 saturated carbocycles. The fourth-order valence-corrected chi connectivity index (χ4v) is 3.00. The maximum atomic E-state index is 12.4. The second-order valence-electron chi connectivity index (χ2n) is 6.36. The third-order valence-electron chi connectivity index (χ3n) is 4.42. The molecule has 138 valence electrons. The fraction of sp³-hybridized carbons (Fsp3) is 0.381. The van der Waals surface area contributed by atoms with E-state index in [1.54, 1.807) is 4.90 Å². The van der Waals surface area contributed by atoms with Crippen LogP contribution in [0.3, 0.4) is 0 Å². The van der Waals surface area contributed by atoms with Gasteiger partial charge in [-0.3, -0.25) is 0 Å². The molecule has 5 heteroatoms. The molecular formula is C21H26N2O3. The van der Waals surface area contributed by atoms with Crippen molar-refractivity contribution in [3.8, 4) is 11.5 Å². The normalized spacial score (nSPS) is 15.3. The zero-order valence-electron chi connectivity index (χ0n) is 15.2. The van der Waals surface area contributed by atoms with Crippen molar-refractivity contribution < 1.29 is 14.3 Å². The molecule has 26 heavy (non-hydrogen) atoms. The van der Waals surface area contributed by atoms with Gasteiger partial charge < -0.3 is 19.7 Å². The molecule has 0 bridgehead atoms. The molecule has 1 N–H and O–H groups in total. The minimum Gasteiger partial charge on any atom is -0.486 e. The van der Waals surface area contributed by atoms with E-state index in [1.165, 1.54) is 5.56 Å². The van der Waals surface area contributed by atoms with Gasteiger partial charge in [0.15, 0.2) is 17.6 Å². The summed E-state index contributed by atoms with van der Waals surface area (Å²) in [6.07, 6.45) is 1.73. The van der Waals surface area contributed by atoms with Crippen LogP contribution >= 0.6 is 0 Å². The average molecular weight is 354 g/mol. The predicted octanol–water partition coefficient (Wildman–Crippen LogP) is 3.49. The summed E-state index contributed by atoms with van der Waals surface area (Å²) in [6.45, 7) is 4.23. The van der Waals surface area contributed by atoms with Gasteiger partial charge in [-0.15, -0.1) is 0 Å². The second-order valence-corrected chi connectivity index (χ2v) is 6.36. The number of hydrogen-bond acceptors (Lipinski definition) is 3. The Hall–Kier alpha value is -2.69. The van der Waals surface area contributed by atoms with Crippen LogP contribution in [-0.4, -0.2) is 43.3 Å². The van der Waals surface area contributed by atoms with E-state index in [9.17, 15) is 4.79 Å². The van der Waals surface area contributed by atoms with Crippen LogP contribution in [0.15, 0.2) is 54.6 Å². The second kappa shape index (κ2) is 9.13. The van der Waals surface area contributed by atoms with Crippen LogP contribution in [0.25, 0.3) is 0 Å². The highest BCUT2D eigenvalue weighted by Crippen LogP contribution is 2.30. The molecule has 1 heterocycles. The number of likely N-dealkylation sites (N-methyl/N-ethyl adjacent to an activating group) is 1. The number of nitrogens with one attached hydrogen (secondary N) is 1. The number of urea groups is 1. The van der Waals surface area contributed by atoms with Gasteiger partial charge in [0.05, 0.1) is 6.54 Å². The van der Waals surface area contributed by atoms with Crippen molar-refractivity contribution in [3.63, 3.8) is 0 Å². The van der Waals surface area contributed by atoms with E-state index in [4.69, 9.17) is 9.47 Å². The van der Waals surface area contributed by atoms with E-state index in [-0.39, 0.29) is 12.1 Å². The standard InChI is InChI=1S/C21H26N2O3/c1-2-23(15-18-16-25-19-12-6-7-13-20(19)26-18)21(24)22-14-8-11-17-9-4-3-5-10-17/h3-7,9-10,12-13,18H,2,8,11,14-16H2,1H3,(H,22,24). The molecule has 0 aliphatic carbocycles. The summed E-state index contributed by atoms with van der Waals surface area (Å²) in [4.78, 5) is 14.2. The third-order valence-corrected chi connectivity index (χ3v) is 4.42. The van der Waals surface area contributed by atoms with Crippen LogP contribution < -0.4 is 14.8 Å². The Morgan fingerprint density at radius 3 is 2.62 bits per heavy atom. The molecule has 2 aromatic rings. The molecule has 2 aromatic carbocycles. The van der Waals surface area contributed by atoms with Crippen molar-refractivity contribution in [2.24, 2.45) is 0 Å². The third kappa shape index (κ3) is 4.91. The van der Waals surface area contributed by atoms with Gasteiger partial charge in [-0.25, -0.2) is 4.79 Å². The first-order valence-electron chi connectivity index (χ1n) is 9.21. The van der Waals surface area contributed by atoms with E-state index in [2.05, 4.69) is 17.4 Å². The van der Waals surface area contributed by atoms with Crippen LogP contribution in [-0.2, 0) is 6.42 Å². The van der Waals surface area contributed by atoms with Crippen molar-refractivity contribution in [1.29, 1.82) is 0 Å². The number of amides is 2. The predicted molar refractivity (Wildman–Crippen MR) is 102 cm³/mol. The van der Waals surface area contributed by atoms with E-state index in [1.807, 2.05) is 49.4 Å². The first-order valence-corrected chi connectivity index (χ1v) is 9.21. The largest absolute Gasteiger partial charge is 0.486 e. The summed E-state index contributed by atoms with van der Waals surface area (Å²) in [7, 11) is 0. The molecular weight excluding hydrogens is 328 g/mol. The van der Waals surface area contributed by atoms with Crippen LogP contribution in [0.4, 0.5) is 4.79 Å². The van der Waals surface area contributed by atoms with E-state index < -0.39 is 0 Å². The lowest BCUT2D eigenvalue weighted by Crippen LogP contribution is -2.47. The Bertz CT molecular complexity index is 705. The SMILES string of the molecule is CCN(CC1COc2ccccc2O1)C(=O)NCCCc1ccccc1. The lowest BCUT2D eigenvalue weighted by Gasteiger charge is -2.31. The minimum atomic E-state index is -0.153. The molecule has 0 aromatic heterocycles. The van der Waals surface area contributed by atoms with Crippen LogP contribution in [0.2, 0.25) is 0 Å². The van der Waals surface area contributed by atoms with Crippen LogP contribution in [0.5, 0.6) is 11.5 Å². The van der Waals surface area contributed by atoms with Crippen molar-refractivity contribution in [2.45, 2.75) is 25.9 Å². The lowest BCUT2D eigenvalue weighted by molar-refractivity contribution is 0.0675. The number of ether oxygens (including phenoxy) is 2. The molecule has 1 atom stereocenters. The summed E-state index contributed by atoms with van der Waals surface area (Å²) in [5.41, 5.74) is 1.29. The summed E-state index contributed by atoms with van der Waals surface area (Å²) in [5, 5.41) is 3.00. The molecule has 1 unspecified atom stereocenters. The van der Waals surface area contributed by atoms with Gasteiger partial charge >= 0.3 is 6.03 Å². The Labute approximate surface area is 154 Å². The number of fused-ring (bicyclic) bond motifs is 1. The maximum absolute atomic E-state index is 12.4. The van der Waals surface area contributed by atoms with Crippen molar-refractivity contribution in [1.82, 2.24) is 10.2 Å². The van der Waals surface area contributed by atoms with Gasteiger partial charge in [-0.05, 0) is 37.5 Å². The smallest absolute Gasteiger partial charge is 0.317 e. The summed E-state index contributed by atoms with van der Waals surface area (Å²) in [6, 6.07) is 17.9. The number of aryl methyl sites for hydroxylation is 1. The van der Waals surface area contributed by atoms with Gasteiger partial charge in [-0.2, -0.15) is 0 Å². The topological polar surface area (TPSA) is 50.8 Å². The molecule has 5 nitrogen and oxygen atoms in total. The molecule has 3 rings (SSSR count). The Morgan fingerprint density at radius 2 is 1.85 bits per heavy atom. The fourth-order valence-electron chi connectivity index (χ4n) is 3.00. The first-order chi connectivity index (χ1) is 12.8. The Balaban J connectivity index is 1.42. The van der Waals surface area contributed by atoms with Crippen LogP contribution in [0.1, 0.15) is 18.9 Å². The number of carbonyl (C=O) groups is 1. The Kier molecular flexibility index (Phi) is 6.36. The summed E-state index contributed by atoms with van der Waals surface area (Å²) in [5.74, 6) is 1.50. The van der Waals surface area contributed by atoms with E-state index >= 15 is 0 Å². The molecule has 2 amide bonds. The zero-order valence-corrected chi connectivity index (χ0v) is 15.2. The molecule has 1 aliphatic heterocycles. The number of hydrogen-bond donors (Lipinski definition) is 1.